The lowest BCUT2D eigenvalue weighted by Gasteiger charge is -2.15. The Hall–Kier alpha value is -5.25. The highest BCUT2D eigenvalue weighted by molar-refractivity contribution is 7.86. The van der Waals surface area contributed by atoms with Crippen LogP contribution < -0.4 is 10.6 Å². The fourth-order valence-electron chi connectivity index (χ4n) is 3.96. The number of carbonyl (C=O) groups is 2. The van der Waals surface area contributed by atoms with Crippen molar-refractivity contribution in [3.05, 3.63) is 72.1 Å². The molecule has 0 heterocycles. The summed E-state index contributed by atoms with van der Waals surface area (Å²) >= 11 is 0. The van der Waals surface area contributed by atoms with Gasteiger partial charge in [-0.25, -0.2) is 14.6 Å². The van der Waals surface area contributed by atoms with Gasteiger partial charge in [-0.1, -0.05) is 60.6 Å². The Morgan fingerprint density at radius 1 is 0.825 bits per heavy atom. The van der Waals surface area contributed by atoms with E-state index < -0.39 is 70.4 Å². The number of hydrogen-bond acceptors (Lipinski definition) is 13. The van der Waals surface area contributed by atoms with Crippen LogP contribution in [0.25, 0.3) is 10.8 Å². The third-order valence-corrected chi connectivity index (χ3v) is 8.82. The molecule has 18 nitrogen and oxygen atoms in total. The van der Waals surface area contributed by atoms with Crippen LogP contribution in [0.2, 0.25) is 0 Å². The van der Waals surface area contributed by atoms with E-state index in [-0.39, 0.29) is 34.2 Å². The summed E-state index contributed by atoms with van der Waals surface area (Å²) in [6.45, 7) is 25.6. The molecule has 3 aromatic rings. The topological polar surface area (TPSA) is 305 Å². The zero-order valence-electron chi connectivity index (χ0n) is 33.3. The maximum absolute atomic E-state index is 12.2. The number of benzene rings is 3. The summed E-state index contributed by atoms with van der Waals surface area (Å²) < 4.78 is 67.3. The van der Waals surface area contributed by atoms with E-state index in [9.17, 15) is 56.0 Å². The Balaban J connectivity index is 0.00000154. The summed E-state index contributed by atoms with van der Waals surface area (Å²) in [7, 11) is -10.1. The molecule has 316 valence electrons. The maximum atomic E-state index is 12.2. The Kier molecular flexibility index (Phi) is 21.0. The first-order valence-corrected chi connectivity index (χ1v) is 20.2. The normalized spacial score (nSPS) is 12.1. The SMILES string of the molecule is C=C(C)C(C)C.C=C(O)/N=C(\C)Nc1cc(S(=O)(=O)O)cc2cc(S(=O)(=O)O)c(N=Nc3cc(C(=O)O)cc(C(=O)O)c3)c(O)c12.CC.CCC(O)NCC(C)C. The van der Waals surface area contributed by atoms with Crippen LogP contribution >= 0.6 is 0 Å². The summed E-state index contributed by atoms with van der Waals surface area (Å²) in [5, 5.41) is 59.9. The van der Waals surface area contributed by atoms with Gasteiger partial charge in [-0.15, -0.1) is 5.11 Å². The minimum atomic E-state index is -5.20. The number of carboxylic acids is 2. The van der Waals surface area contributed by atoms with Crippen molar-refractivity contribution in [2.24, 2.45) is 27.1 Å². The van der Waals surface area contributed by atoms with Crippen LogP contribution in [0.4, 0.5) is 17.1 Å². The number of phenols is 1. The first-order chi connectivity index (χ1) is 26.2. The molecule has 3 aromatic carbocycles. The number of amidine groups is 1. The fraction of sp³-hybridized carbons (Fsp3) is 0.378. The maximum Gasteiger partial charge on any atom is 0.335 e. The number of carboxylic acid groups (broad SMARTS) is 2. The molecule has 9 N–H and O–H groups in total. The summed E-state index contributed by atoms with van der Waals surface area (Å²) in [6, 6.07) is 4.94. The molecule has 57 heavy (non-hydrogen) atoms. The summed E-state index contributed by atoms with van der Waals surface area (Å²) in [4.78, 5) is 24.5. The van der Waals surface area contributed by atoms with E-state index in [0.29, 0.717) is 17.9 Å². The van der Waals surface area contributed by atoms with Crippen LogP contribution in [-0.4, -0.2) is 82.0 Å². The standard InChI is InChI=1S/C22H18N4O12S2.C7H17NO.C6H12.C2H6/c1-9(23-10(2)27)24-16-8-15(39(33,34)35)6-11-7-17(40(36,37)38)19(20(28)18(11)16)26-25-14-4-12(21(29)30)3-13(5-14)22(31)32;1-4-7(9)8-5-6(2)3;1-5(2)6(3)4;1-2/h3-8,27-28H,2H2,1H3,(H,23,24)(H,29,30)(H,31,32)(H,33,34,35)(H,36,37,38);6-9H,4-5H2,1-3H3;6H,1H2,2-4H3;1-2H3. The van der Waals surface area contributed by atoms with Crippen molar-refractivity contribution in [3.8, 4) is 5.75 Å². The van der Waals surface area contributed by atoms with Crippen molar-refractivity contribution in [1.82, 2.24) is 5.32 Å². The number of aliphatic hydroxyl groups excluding tert-OH is 2. The van der Waals surface area contributed by atoms with E-state index in [2.05, 4.69) is 66.7 Å². The van der Waals surface area contributed by atoms with Gasteiger partial charge in [0, 0.05) is 5.39 Å². The molecule has 1 atom stereocenters. The highest BCUT2D eigenvalue weighted by atomic mass is 32.2. The Labute approximate surface area is 332 Å². The van der Waals surface area contributed by atoms with E-state index in [1.54, 1.807) is 0 Å². The second-order valence-electron chi connectivity index (χ2n) is 12.6. The molecule has 20 heteroatoms. The van der Waals surface area contributed by atoms with Crippen LogP contribution in [0.1, 0.15) is 89.5 Å². The zero-order chi connectivity index (χ0) is 44.6. The zero-order valence-corrected chi connectivity index (χ0v) is 34.9. The molecule has 0 aliphatic carbocycles. The van der Waals surface area contributed by atoms with Gasteiger partial charge in [0.25, 0.3) is 20.2 Å². The van der Waals surface area contributed by atoms with Gasteiger partial charge in [-0.2, -0.15) is 21.9 Å². The molecule has 0 aliphatic heterocycles. The van der Waals surface area contributed by atoms with Crippen molar-refractivity contribution in [2.75, 3.05) is 11.9 Å². The first-order valence-electron chi connectivity index (χ1n) is 17.3. The third-order valence-electron chi connectivity index (χ3n) is 7.12. The smallest absolute Gasteiger partial charge is 0.335 e. The Bertz CT molecular complexity index is 2170. The average molecular weight is 840 g/mol. The molecular weight excluding hydrogens is 787 g/mol. The highest BCUT2D eigenvalue weighted by Crippen LogP contribution is 2.45. The van der Waals surface area contributed by atoms with Gasteiger partial charge in [0.1, 0.15) is 22.6 Å². The fourth-order valence-corrected chi connectivity index (χ4v) is 5.16. The van der Waals surface area contributed by atoms with Gasteiger partial charge in [-0.05, 0) is 87.0 Å². The molecule has 3 rings (SSSR count). The number of rotatable bonds is 13. The number of anilines is 1. The predicted octanol–water partition coefficient (Wildman–Crippen LogP) is 7.92. The van der Waals surface area contributed by atoms with E-state index in [4.69, 9.17) is 5.11 Å². The molecule has 1 unspecified atom stereocenters. The highest BCUT2D eigenvalue weighted by Gasteiger charge is 2.26. The second-order valence-corrected chi connectivity index (χ2v) is 15.4. The van der Waals surface area contributed by atoms with E-state index in [0.717, 1.165) is 43.3 Å². The second kappa shape index (κ2) is 23.1. The molecule has 0 bridgehead atoms. The predicted molar refractivity (Wildman–Crippen MR) is 218 cm³/mol. The number of nitrogens with zero attached hydrogens (tertiary/aromatic N) is 3. The Morgan fingerprint density at radius 3 is 1.72 bits per heavy atom. The molecule has 0 radical (unpaired) electrons. The van der Waals surface area contributed by atoms with Crippen molar-refractivity contribution >= 4 is 65.8 Å². The quantitative estimate of drug-likeness (QED) is 0.0150. The molecule has 0 saturated carbocycles. The van der Waals surface area contributed by atoms with Gasteiger partial charge in [0.05, 0.1) is 27.4 Å². The third kappa shape index (κ3) is 17.6. The number of aliphatic hydroxyl groups is 2. The number of aromatic carboxylic acids is 2. The number of hydrogen-bond donors (Lipinski definition) is 9. The molecule has 0 fully saturated rings. The molecular formula is C37H53N5O13S2. The summed E-state index contributed by atoms with van der Waals surface area (Å²) in [5.41, 5.74) is -1.34. The van der Waals surface area contributed by atoms with E-state index in [1.807, 2.05) is 27.7 Å². The van der Waals surface area contributed by atoms with Gasteiger partial charge in [0.2, 0.25) is 5.88 Å². The minimum absolute atomic E-state index is 0.102. The van der Waals surface area contributed by atoms with Crippen molar-refractivity contribution in [2.45, 2.75) is 84.8 Å². The number of phenolic OH excluding ortho intramolecular Hbond substituents is 1. The summed E-state index contributed by atoms with van der Waals surface area (Å²) in [6.07, 6.45) is 0.472. The Morgan fingerprint density at radius 2 is 1.33 bits per heavy atom. The van der Waals surface area contributed by atoms with Crippen molar-refractivity contribution in [1.29, 1.82) is 0 Å². The number of aliphatic imine (C=N–C) groups is 1. The van der Waals surface area contributed by atoms with Crippen LogP contribution in [0.3, 0.4) is 0 Å². The molecule has 0 saturated heterocycles. The summed E-state index contributed by atoms with van der Waals surface area (Å²) in [5.74, 6) is -3.51. The van der Waals surface area contributed by atoms with Gasteiger partial charge in [-0.3, -0.25) is 14.4 Å². The molecule has 0 spiro atoms. The lowest BCUT2D eigenvalue weighted by molar-refractivity contribution is 0.0696. The van der Waals surface area contributed by atoms with Crippen LogP contribution in [0.15, 0.2) is 86.0 Å². The van der Waals surface area contributed by atoms with Crippen LogP contribution in [0, 0.1) is 11.8 Å². The first kappa shape index (κ1) is 51.8. The van der Waals surface area contributed by atoms with Gasteiger partial charge in [0.15, 0.2) is 5.75 Å². The monoisotopic (exact) mass is 839 g/mol. The lowest BCUT2D eigenvalue weighted by atomic mass is 10.1. The van der Waals surface area contributed by atoms with E-state index in [1.165, 1.54) is 12.5 Å². The number of azo groups is 1. The lowest BCUT2D eigenvalue weighted by Crippen LogP contribution is -2.30. The minimum Gasteiger partial charge on any atom is -0.505 e. The molecule has 0 aromatic heterocycles. The molecule has 0 amide bonds. The average Bonchev–Trinajstić information content (AvgIpc) is 3.09. The number of allylic oxidation sites excluding steroid dienone is 1. The van der Waals surface area contributed by atoms with Crippen LogP contribution in [-0.2, 0) is 20.2 Å². The van der Waals surface area contributed by atoms with Crippen molar-refractivity contribution < 1.29 is 61.1 Å². The number of fused-ring (bicyclic) bond motifs is 1. The molecule has 0 aliphatic rings. The van der Waals surface area contributed by atoms with Crippen LogP contribution in [0.5, 0.6) is 5.75 Å². The van der Waals surface area contributed by atoms with Gasteiger partial charge < -0.3 is 30.8 Å². The number of aromatic hydroxyl groups is 1. The number of nitrogens with one attached hydrogen (secondary N) is 2. The van der Waals surface area contributed by atoms with E-state index >= 15 is 0 Å². The largest absolute Gasteiger partial charge is 0.505 e. The van der Waals surface area contributed by atoms with Crippen molar-refractivity contribution in [3.63, 3.8) is 0 Å². The van der Waals surface area contributed by atoms with Gasteiger partial charge >= 0.3 is 11.9 Å².